The number of aromatic nitrogens is 4. The number of rotatable bonds is 6. The van der Waals surface area contributed by atoms with E-state index in [-0.39, 0.29) is 28.6 Å². The summed E-state index contributed by atoms with van der Waals surface area (Å²) in [6.45, 7) is 3.09. The monoisotopic (exact) mass is 379 g/mol. The van der Waals surface area contributed by atoms with E-state index in [1.54, 1.807) is 6.92 Å². The molecular weight excluding hydrogens is 365 g/mol. The summed E-state index contributed by atoms with van der Waals surface area (Å²) in [4.78, 5) is 18.0. The molecule has 0 fully saturated rings. The zero-order valence-electron chi connectivity index (χ0n) is 13.5. The number of anilines is 3. The minimum absolute atomic E-state index is 0.0272. The van der Waals surface area contributed by atoms with Crippen molar-refractivity contribution in [1.82, 2.24) is 19.7 Å². The number of hydrogen-bond acceptors (Lipinski definition) is 6. The molecule has 0 atom stereocenters. The lowest BCUT2D eigenvalue weighted by atomic mass is 10.3. The van der Waals surface area contributed by atoms with E-state index in [4.69, 9.17) is 0 Å². The van der Waals surface area contributed by atoms with E-state index < -0.39 is 29.5 Å². The van der Waals surface area contributed by atoms with Crippen LogP contribution < -0.4 is 16.4 Å². The fraction of sp³-hybridized carbons (Fsp3) is 0.385. The Bertz CT molecular complexity index is 818. The van der Waals surface area contributed by atoms with E-state index in [1.807, 2.05) is 0 Å². The third-order valence-corrected chi connectivity index (χ3v) is 3.17. The number of amides is 1. The van der Waals surface area contributed by atoms with Crippen LogP contribution in [0.2, 0.25) is 0 Å². The van der Waals surface area contributed by atoms with Gasteiger partial charge in [0.1, 0.15) is 11.4 Å². The number of carbonyl (C=O) groups excluding carboxylic acids is 1. The number of nitrogens with zero attached hydrogens (tertiary/aromatic N) is 4. The number of alkyl halides is 5. The van der Waals surface area contributed by atoms with Gasteiger partial charge in [-0.05, 0) is 13.8 Å². The number of primary amides is 1. The van der Waals surface area contributed by atoms with Crippen molar-refractivity contribution in [2.24, 2.45) is 5.73 Å². The Kier molecular flexibility index (Phi) is 5.00. The lowest BCUT2D eigenvalue weighted by molar-refractivity contribution is -0.159. The molecule has 0 radical (unpaired) electrons. The van der Waals surface area contributed by atoms with E-state index in [0.717, 1.165) is 6.20 Å². The Balaban J connectivity index is 2.36. The van der Waals surface area contributed by atoms with Crippen LogP contribution in [-0.4, -0.2) is 32.2 Å². The Morgan fingerprint density at radius 2 is 1.96 bits per heavy atom. The quantitative estimate of drug-likeness (QED) is 0.664. The van der Waals surface area contributed by atoms with Crippen molar-refractivity contribution in [2.45, 2.75) is 26.1 Å². The maximum atomic E-state index is 13.6. The van der Waals surface area contributed by atoms with Crippen LogP contribution in [0.3, 0.4) is 0 Å². The SMILES string of the molecule is CCNc1nc(Nc2cn(C(F)(F)C(N)=O)nc2C)ncc1C(F)(F)F. The molecule has 0 aliphatic heterocycles. The van der Waals surface area contributed by atoms with Crippen molar-refractivity contribution in [3.05, 3.63) is 23.7 Å². The van der Waals surface area contributed by atoms with Gasteiger partial charge in [-0.2, -0.15) is 36.7 Å². The molecule has 0 spiro atoms. The summed E-state index contributed by atoms with van der Waals surface area (Å²) in [6.07, 6.45) is -3.33. The largest absolute Gasteiger partial charge is 0.422 e. The predicted molar refractivity (Wildman–Crippen MR) is 80.8 cm³/mol. The van der Waals surface area contributed by atoms with Gasteiger partial charge in [0.15, 0.2) is 0 Å². The average Bonchev–Trinajstić information content (AvgIpc) is 2.88. The van der Waals surface area contributed by atoms with Gasteiger partial charge in [-0.15, -0.1) is 0 Å². The van der Waals surface area contributed by atoms with Crippen molar-refractivity contribution in [1.29, 1.82) is 0 Å². The van der Waals surface area contributed by atoms with Gasteiger partial charge in [-0.25, -0.2) is 4.98 Å². The molecule has 0 aromatic carbocycles. The van der Waals surface area contributed by atoms with Crippen molar-refractivity contribution >= 4 is 23.4 Å². The first-order valence-corrected chi connectivity index (χ1v) is 7.16. The molecule has 2 heterocycles. The van der Waals surface area contributed by atoms with Crippen LogP contribution in [0, 0.1) is 6.92 Å². The van der Waals surface area contributed by atoms with Gasteiger partial charge in [-0.3, -0.25) is 4.79 Å². The van der Waals surface area contributed by atoms with Gasteiger partial charge in [-0.1, -0.05) is 0 Å². The fourth-order valence-electron chi connectivity index (χ4n) is 1.91. The normalized spacial score (nSPS) is 12.1. The summed E-state index contributed by atoms with van der Waals surface area (Å²) in [6, 6.07) is -4.07. The summed E-state index contributed by atoms with van der Waals surface area (Å²) < 4.78 is 66.0. The van der Waals surface area contributed by atoms with Crippen LogP contribution in [0.5, 0.6) is 0 Å². The zero-order valence-corrected chi connectivity index (χ0v) is 13.5. The first kappa shape index (κ1) is 19.3. The van der Waals surface area contributed by atoms with E-state index >= 15 is 0 Å². The highest BCUT2D eigenvalue weighted by molar-refractivity contribution is 5.79. The molecule has 4 N–H and O–H groups in total. The molecule has 0 bridgehead atoms. The van der Waals surface area contributed by atoms with Crippen LogP contribution in [0.15, 0.2) is 12.4 Å². The van der Waals surface area contributed by atoms with E-state index in [9.17, 15) is 26.7 Å². The molecule has 2 aromatic rings. The van der Waals surface area contributed by atoms with Crippen molar-refractivity contribution in [2.75, 3.05) is 17.2 Å². The Morgan fingerprint density at radius 3 is 2.50 bits per heavy atom. The van der Waals surface area contributed by atoms with Gasteiger partial charge in [0.2, 0.25) is 5.95 Å². The highest BCUT2D eigenvalue weighted by Gasteiger charge is 2.40. The summed E-state index contributed by atoms with van der Waals surface area (Å²) in [5, 5.41) is 8.40. The van der Waals surface area contributed by atoms with Crippen molar-refractivity contribution in [3.63, 3.8) is 0 Å². The number of halogens is 5. The molecule has 8 nitrogen and oxygen atoms in total. The Morgan fingerprint density at radius 1 is 1.31 bits per heavy atom. The third kappa shape index (κ3) is 3.81. The topological polar surface area (TPSA) is 111 Å². The van der Waals surface area contributed by atoms with Crippen molar-refractivity contribution < 1.29 is 26.7 Å². The van der Waals surface area contributed by atoms with Gasteiger partial charge < -0.3 is 16.4 Å². The Hall–Kier alpha value is -2.99. The molecule has 13 heteroatoms. The summed E-state index contributed by atoms with van der Waals surface area (Å²) in [5.41, 5.74) is 3.54. The van der Waals surface area contributed by atoms with Gasteiger partial charge in [0, 0.05) is 12.7 Å². The number of aryl methyl sites for hydroxylation is 1. The molecule has 0 saturated heterocycles. The highest BCUT2D eigenvalue weighted by Crippen LogP contribution is 2.34. The number of carbonyl (C=O) groups is 1. The summed E-state index contributed by atoms with van der Waals surface area (Å²) in [7, 11) is 0. The smallest absolute Gasteiger partial charge is 0.370 e. The van der Waals surface area contributed by atoms with Crippen LogP contribution in [0.1, 0.15) is 18.2 Å². The molecule has 0 aliphatic carbocycles. The fourth-order valence-corrected chi connectivity index (χ4v) is 1.91. The maximum absolute atomic E-state index is 13.6. The first-order valence-electron chi connectivity index (χ1n) is 7.16. The standard InChI is InChI=1S/C13H14F5N7O/c1-3-20-9-7(12(14,15)16)4-21-11(23-9)22-8-5-25(24-6(8)2)13(17,18)10(19)26/h4-5H,3H2,1-2H3,(H2,19,26)(H2,20,21,22,23). The molecule has 2 rings (SSSR count). The van der Waals surface area contributed by atoms with Gasteiger partial charge in [0.05, 0.1) is 17.6 Å². The zero-order chi connectivity index (χ0) is 19.7. The van der Waals surface area contributed by atoms with Gasteiger partial charge in [0.25, 0.3) is 0 Å². The number of nitrogens with two attached hydrogens (primary N) is 1. The maximum Gasteiger partial charge on any atom is 0.422 e. The molecule has 0 aliphatic rings. The second-order valence-electron chi connectivity index (χ2n) is 5.09. The number of hydrogen-bond donors (Lipinski definition) is 3. The second-order valence-corrected chi connectivity index (χ2v) is 5.09. The minimum atomic E-state index is -4.67. The van der Waals surface area contributed by atoms with E-state index in [1.165, 1.54) is 6.92 Å². The van der Waals surface area contributed by atoms with Crippen LogP contribution in [-0.2, 0) is 17.0 Å². The third-order valence-electron chi connectivity index (χ3n) is 3.17. The second kappa shape index (κ2) is 6.72. The molecule has 1 amide bonds. The van der Waals surface area contributed by atoms with E-state index in [0.29, 0.717) is 6.20 Å². The van der Waals surface area contributed by atoms with E-state index in [2.05, 4.69) is 31.4 Å². The van der Waals surface area contributed by atoms with Crippen LogP contribution in [0.25, 0.3) is 0 Å². The molecule has 0 unspecified atom stereocenters. The molecule has 142 valence electrons. The lowest BCUT2D eigenvalue weighted by Gasteiger charge is -2.13. The van der Waals surface area contributed by atoms with Crippen LogP contribution >= 0.6 is 0 Å². The van der Waals surface area contributed by atoms with Crippen molar-refractivity contribution in [3.8, 4) is 0 Å². The van der Waals surface area contributed by atoms with Gasteiger partial charge >= 0.3 is 18.1 Å². The Labute approximate surface area is 143 Å². The lowest BCUT2D eigenvalue weighted by Crippen LogP contribution is -2.38. The minimum Gasteiger partial charge on any atom is -0.370 e. The first-order chi connectivity index (χ1) is 12.0. The molecule has 2 aromatic heterocycles. The molecular formula is C13H14F5N7O. The van der Waals surface area contributed by atoms with Crippen LogP contribution in [0.4, 0.5) is 39.4 Å². The number of nitrogens with one attached hydrogen (secondary N) is 2. The highest BCUT2D eigenvalue weighted by atomic mass is 19.4. The molecule has 0 saturated carbocycles. The average molecular weight is 379 g/mol. The molecule has 26 heavy (non-hydrogen) atoms. The predicted octanol–water partition coefficient (Wildman–Crippen LogP) is 2.21. The summed E-state index contributed by atoms with van der Waals surface area (Å²) in [5.74, 6) is -2.66. The summed E-state index contributed by atoms with van der Waals surface area (Å²) >= 11 is 0.